The van der Waals surface area contributed by atoms with Crippen molar-refractivity contribution < 1.29 is 4.57 Å². The molecule has 24 heavy (non-hydrogen) atoms. The molecule has 0 atom stereocenters. The van der Waals surface area contributed by atoms with Crippen molar-refractivity contribution in [2.75, 3.05) is 11.4 Å². The fraction of sp³-hybridized carbons (Fsp3) is 0.316. The zero-order valence-corrected chi connectivity index (χ0v) is 16.9. The summed E-state index contributed by atoms with van der Waals surface area (Å²) in [4.78, 5) is 6.65. The third kappa shape index (κ3) is 2.41. The number of rotatable bonds is 3. The maximum absolute atomic E-state index is 2.47. The molecular formula is C19H21N2S3+. The number of aromatic nitrogens is 1. The Balaban J connectivity index is 1.83. The van der Waals surface area contributed by atoms with E-state index in [1.807, 2.05) is 34.4 Å². The van der Waals surface area contributed by atoms with Gasteiger partial charge >= 0.3 is 0 Å². The number of thioether (sulfide) groups is 1. The highest BCUT2D eigenvalue weighted by molar-refractivity contribution is 8.03. The summed E-state index contributed by atoms with van der Waals surface area (Å²) in [5, 5.41) is 2.69. The van der Waals surface area contributed by atoms with Crippen LogP contribution in [0.25, 0.3) is 15.6 Å². The first-order valence-electron chi connectivity index (χ1n) is 8.32. The maximum Gasteiger partial charge on any atom is 0.280 e. The topological polar surface area (TPSA) is 7.12 Å². The van der Waals surface area contributed by atoms with Crippen molar-refractivity contribution in [1.82, 2.24) is 0 Å². The number of fused-ring (bicyclic) bond motifs is 2. The van der Waals surface area contributed by atoms with E-state index in [0.717, 1.165) is 13.1 Å². The Hall–Kier alpha value is -1.30. The Morgan fingerprint density at radius 2 is 1.92 bits per heavy atom. The summed E-state index contributed by atoms with van der Waals surface area (Å²) >= 11 is 5.74. The highest BCUT2D eigenvalue weighted by atomic mass is 32.2. The predicted molar refractivity (Wildman–Crippen MR) is 108 cm³/mol. The van der Waals surface area contributed by atoms with Gasteiger partial charge in [0.05, 0.1) is 16.8 Å². The zero-order valence-electron chi connectivity index (χ0n) is 14.4. The van der Waals surface area contributed by atoms with E-state index in [-0.39, 0.29) is 0 Å². The molecule has 0 fully saturated rings. The molecule has 0 amide bonds. The lowest BCUT2D eigenvalue weighted by Gasteiger charge is -2.17. The van der Waals surface area contributed by atoms with E-state index in [2.05, 4.69) is 67.5 Å². The molecule has 0 radical (unpaired) electrons. The molecule has 0 saturated heterocycles. The quantitative estimate of drug-likeness (QED) is 0.534. The second-order valence-electron chi connectivity index (χ2n) is 5.90. The summed E-state index contributed by atoms with van der Waals surface area (Å²) in [6.07, 6.45) is 2.38. The normalized spacial score (nSPS) is 15.7. The van der Waals surface area contributed by atoms with Crippen LogP contribution in [0.15, 0.2) is 34.2 Å². The maximum atomic E-state index is 2.47. The second-order valence-corrected chi connectivity index (χ2v) is 9.19. The van der Waals surface area contributed by atoms with Crippen molar-refractivity contribution in [1.29, 1.82) is 0 Å². The van der Waals surface area contributed by atoms with Gasteiger partial charge in [-0.25, -0.2) is 0 Å². The summed E-state index contributed by atoms with van der Waals surface area (Å²) < 4.78 is 3.92. The van der Waals surface area contributed by atoms with Crippen LogP contribution in [0.2, 0.25) is 0 Å². The molecule has 3 heterocycles. The van der Waals surface area contributed by atoms with Crippen LogP contribution in [-0.4, -0.2) is 6.54 Å². The van der Waals surface area contributed by atoms with Gasteiger partial charge in [-0.3, -0.25) is 0 Å². The molecule has 0 saturated carbocycles. The van der Waals surface area contributed by atoms with Gasteiger partial charge in [-0.2, -0.15) is 4.57 Å². The van der Waals surface area contributed by atoms with Gasteiger partial charge < -0.3 is 4.90 Å². The average molecular weight is 374 g/mol. The lowest BCUT2D eigenvalue weighted by atomic mass is 10.3. The van der Waals surface area contributed by atoms with Gasteiger partial charge in [0.2, 0.25) is 0 Å². The Morgan fingerprint density at radius 1 is 1.12 bits per heavy atom. The summed E-state index contributed by atoms with van der Waals surface area (Å²) in [5.41, 5.74) is 2.78. The zero-order chi connectivity index (χ0) is 16.8. The Kier molecular flexibility index (Phi) is 4.19. The van der Waals surface area contributed by atoms with Crippen LogP contribution in [0.3, 0.4) is 0 Å². The average Bonchev–Trinajstić information content (AvgIpc) is 3.19. The third-order valence-electron chi connectivity index (χ3n) is 4.55. The van der Waals surface area contributed by atoms with Crippen LogP contribution in [0.5, 0.6) is 0 Å². The molecule has 2 aromatic heterocycles. The lowest BCUT2D eigenvalue weighted by molar-refractivity contribution is -0.663. The Labute approximate surface area is 155 Å². The number of hydrogen-bond acceptors (Lipinski definition) is 4. The molecular weight excluding hydrogens is 352 g/mol. The SMILES string of the molecule is CCN1/C(=C\c2sc3c(C)c(C)sc3[n+]2CC)Sc2ccccc21. The minimum Gasteiger partial charge on any atom is -0.335 e. The van der Waals surface area contributed by atoms with Crippen molar-refractivity contribution in [2.24, 2.45) is 0 Å². The number of para-hydroxylation sites is 1. The molecule has 124 valence electrons. The van der Waals surface area contributed by atoms with Crippen LogP contribution in [0.1, 0.15) is 29.3 Å². The molecule has 4 rings (SSSR count). The van der Waals surface area contributed by atoms with E-state index in [1.165, 1.54) is 40.6 Å². The second kappa shape index (κ2) is 6.21. The Bertz CT molecular complexity index is 949. The van der Waals surface area contributed by atoms with Crippen molar-refractivity contribution in [3.05, 3.63) is 44.7 Å². The molecule has 0 unspecified atom stereocenters. The third-order valence-corrected chi connectivity index (χ3v) is 8.27. The fourth-order valence-corrected chi connectivity index (χ4v) is 7.10. The van der Waals surface area contributed by atoms with Crippen molar-refractivity contribution in [3.8, 4) is 0 Å². The summed E-state index contributed by atoms with van der Waals surface area (Å²) in [7, 11) is 0. The van der Waals surface area contributed by atoms with E-state index < -0.39 is 0 Å². The van der Waals surface area contributed by atoms with Gasteiger partial charge in [-0.15, -0.1) is 0 Å². The van der Waals surface area contributed by atoms with Crippen LogP contribution >= 0.6 is 34.4 Å². The van der Waals surface area contributed by atoms with Crippen molar-refractivity contribution in [3.63, 3.8) is 0 Å². The molecule has 5 heteroatoms. The van der Waals surface area contributed by atoms with Crippen LogP contribution in [-0.2, 0) is 6.54 Å². The van der Waals surface area contributed by atoms with Crippen LogP contribution < -0.4 is 9.47 Å². The van der Waals surface area contributed by atoms with E-state index in [9.17, 15) is 0 Å². The fourth-order valence-electron chi connectivity index (χ4n) is 3.14. The molecule has 0 bridgehead atoms. The number of anilines is 1. The number of hydrogen-bond donors (Lipinski definition) is 0. The smallest absolute Gasteiger partial charge is 0.280 e. The van der Waals surface area contributed by atoms with Crippen molar-refractivity contribution in [2.45, 2.75) is 39.1 Å². The summed E-state index contributed by atoms with van der Waals surface area (Å²) in [6, 6.07) is 8.70. The highest BCUT2D eigenvalue weighted by Crippen LogP contribution is 2.46. The first-order chi connectivity index (χ1) is 11.6. The largest absolute Gasteiger partial charge is 0.335 e. The van der Waals surface area contributed by atoms with E-state index in [1.54, 1.807) is 0 Å². The van der Waals surface area contributed by atoms with Crippen LogP contribution in [0.4, 0.5) is 5.69 Å². The monoisotopic (exact) mass is 373 g/mol. The lowest BCUT2D eigenvalue weighted by Crippen LogP contribution is -2.33. The number of thiazole rings is 1. The number of thiophene rings is 1. The summed E-state index contributed by atoms with van der Waals surface area (Å²) in [5.74, 6) is 0. The highest BCUT2D eigenvalue weighted by Gasteiger charge is 2.27. The van der Waals surface area contributed by atoms with Gasteiger partial charge in [-0.05, 0) is 45.4 Å². The number of nitrogens with zero attached hydrogens (tertiary/aromatic N) is 2. The minimum absolute atomic E-state index is 1.000. The van der Waals surface area contributed by atoms with Gasteiger partial charge in [0.25, 0.3) is 9.84 Å². The molecule has 1 aliphatic heterocycles. The molecule has 3 aromatic rings. The summed E-state index contributed by atoms with van der Waals surface area (Å²) in [6.45, 7) is 11.0. The molecule has 2 nitrogen and oxygen atoms in total. The van der Waals surface area contributed by atoms with E-state index >= 15 is 0 Å². The first-order valence-corrected chi connectivity index (χ1v) is 10.8. The molecule has 0 aliphatic carbocycles. The molecule has 0 N–H and O–H groups in total. The first kappa shape index (κ1) is 16.2. The van der Waals surface area contributed by atoms with Gasteiger partial charge in [-0.1, -0.05) is 46.6 Å². The van der Waals surface area contributed by atoms with E-state index in [4.69, 9.17) is 0 Å². The number of benzene rings is 1. The minimum atomic E-state index is 1.000. The van der Waals surface area contributed by atoms with Gasteiger partial charge in [0, 0.05) is 16.3 Å². The Morgan fingerprint density at radius 3 is 2.67 bits per heavy atom. The molecule has 1 aliphatic rings. The predicted octanol–water partition coefficient (Wildman–Crippen LogP) is 5.82. The molecule has 0 spiro atoms. The molecule has 1 aromatic carbocycles. The van der Waals surface area contributed by atoms with Crippen LogP contribution in [0, 0.1) is 13.8 Å². The number of aryl methyl sites for hydroxylation is 3. The van der Waals surface area contributed by atoms with Gasteiger partial charge in [0.1, 0.15) is 11.2 Å². The van der Waals surface area contributed by atoms with Gasteiger partial charge in [0.15, 0.2) is 0 Å². The van der Waals surface area contributed by atoms with Crippen molar-refractivity contribution >= 4 is 55.7 Å². The standard InChI is InChI=1S/C19H21N2S3/c1-5-20-14-9-7-8-10-15(14)23-16(20)11-17-21(6-2)19-18(24-17)12(3)13(4)22-19/h7-11H,5-6H2,1-4H3/q+1. The van der Waals surface area contributed by atoms with E-state index in [0.29, 0.717) is 0 Å².